The summed E-state index contributed by atoms with van der Waals surface area (Å²) >= 11 is 0. The minimum absolute atomic E-state index is 0.412. The van der Waals surface area contributed by atoms with E-state index in [-0.39, 0.29) is 0 Å². The number of isocyanates is 1. The Labute approximate surface area is 59.9 Å². The molecule has 0 aliphatic carbocycles. The number of nitrogens with one attached hydrogen (secondary N) is 1. The van der Waals surface area contributed by atoms with Crippen molar-refractivity contribution < 1.29 is 14.3 Å². The van der Waals surface area contributed by atoms with Crippen molar-refractivity contribution in [3.63, 3.8) is 0 Å². The molecule has 0 heterocycles. The minimum atomic E-state index is -2.11. The highest BCUT2D eigenvalue weighted by atomic mass is 31.1. The van der Waals surface area contributed by atoms with Gasteiger partial charge < -0.3 is 0 Å². The largest absolute Gasteiger partial charge is 0.540 e. The van der Waals surface area contributed by atoms with Gasteiger partial charge in [-0.15, -0.1) is 0 Å². The first kappa shape index (κ1) is 11.9. The molecule has 0 amide bonds. The molecule has 0 fully saturated rings. The summed E-state index contributed by atoms with van der Waals surface area (Å²) in [6.07, 6.45) is 1.34. The molecule has 0 spiro atoms. The van der Waals surface area contributed by atoms with E-state index in [2.05, 4.69) is 6.58 Å². The Kier molecular flexibility index (Phi) is 9.75. The first-order valence-electron chi connectivity index (χ1n) is 2.47. The predicted molar refractivity (Wildman–Crippen MR) is 37.7 cm³/mol. The molecule has 10 heavy (non-hydrogen) atoms. The van der Waals surface area contributed by atoms with Crippen molar-refractivity contribution in [2.45, 2.75) is 13.3 Å². The molecule has 0 saturated carbocycles. The van der Waals surface area contributed by atoms with Crippen LogP contribution in [0.4, 0.5) is 0 Å². The summed E-state index contributed by atoms with van der Waals surface area (Å²) in [7, 11) is -2.11. The van der Waals surface area contributed by atoms with Crippen LogP contribution in [-0.4, -0.2) is 11.0 Å². The standard InChI is InChI=1S/C4H7O2P.CHNO/c1-3-4(2)7(5)6;2-1-3/h2-3H2,1H3;2H/p+1. The fourth-order valence-electron chi connectivity index (χ4n) is 0.135. The lowest BCUT2D eigenvalue weighted by Crippen LogP contribution is -1.64. The SMILES string of the molecule is C=C(CC)[P+](=O)O.N=C=O. The van der Waals surface area contributed by atoms with E-state index in [4.69, 9.17) is 15.1 Å². The van der Waals surface area contributed by atoms with Crippen LogP contribution in [0.15, 0.2) is 11.9 Å². The molecule has 2 N–H and O–H groups in total. The van der Waals surface area contributed by atoms with Crippen LogP contribution in [0.5, 0.6) is 0 Å². The minimum Gasteiger partial charge on any atom is -0.222 e. The molecule has 1 unspecified atom stereocenters. The molecule has 56 valence electrons. The molecule has 4 nitrogen and oxygen atoms in total. The Morgan fingerprint density at radius 3 is 2.20 bits per heavy atom. The van der Waals surface area contributed by atoms with Crippen molar-refractivity contribution in [3.05, 3.63) is 11.9 Å². The van der Waals surface area contributed by atoms with Crippen LogP contribution in [0, 0.1) is 5.41 Å². The van der Waals surface area contributed by atoms with Gasteiger partial charge in [-0.25, -0.2) is 10.2 Å². The Balaban J connectivity index is 0. The highest BCUT2D eigenvalue weighted by Crippen LogP contribution is 2.26. The van der Waals surface area contributed by atoms with Crippen LogP contribution in [0.1, 0.15) is 13.3 Å². The average Bonchev–Trinajstić information content (AvgIpc) is 1.88. The van der Waals surface area contributed by atoms with Gasteiger partial charge in [-0.1, -0.05) is 6.92 Å². The molecule has 0 saturated heterocycles. The van der Waals surface area contributed by atoms with Gasteiger partial charge >= 0.3 is 8.03 Å². The van der Waals surface area contributed by atoms with Crippen molar-refractivity contribution >= 4 is 14.1 Å². The van der Waals surface area contributed by atoms with E-state index in [9.17, 15) is 4.57 Å². The third-order valence-corrected chi connectivity index (χ3v) is 1.54. The number of rotatable bonds is 2. The molecule has 0 radical (unpaired) electrons. The van der Waals surface area contributed by atoms with E-state index >= 15 is 0 Å². The molecule has 1 atom stereocenters. The predicted octanol–water partition coefficient (Wildman–Crippen LogP) is 1.55. The second-order valence-electron chi connectivity index (χ2n) is 1.29. The fraction of sp³-hybridized carbons (Fsp3) is 0.400. The van der Waals surface area contributed by atoms with Crippen LogP contribution in [0.3, 0.4) is 0 Å². The van der Waals surface area contributed by atoms with E-state index in [1.165, 1.54) is 0 Å². The normalized spacial score (nSPS) is 8.40. The van der Waals surface area contributed by atoms with Crippen LogP contribution < -0.4 is 0 Å². The summed E-state index contributed by atoms with van der Waals surface area (Å²) in [6, 6.07) is 0. The van der Waals surface area contributed by atoms with Crippen LogP contribution in [0.25, 0.3) is 0 Å². The zero-order chi connectivity index (χ0) is 8.57. The molecule has 0 aromatic heterocycles. The lowest BCUT2D eigenvalue weighted by molar-refractivity contribution is 0.508. The first-order chi connectivity index (χ1) is 4.59. The van der Waals surface area contributed by atoms with E-state index in [0.29, 0.717) is 11.7 Å². The van der Waals surface area contributed by atoms with Crippen molar-refractivity contribution in [1.29, 1.82) is 5.41 Å². The highest BCUT2D eigenvalue weighted by molar-refractivity contribution is 7.43. The van der Waals surface area contributed by atoms with Crippen LogP contribution >= 0.6 is 8.03 Å². The highest BCUT2D eigenvalue weighted by Gasteiger charge is 2.13. The van der Waals surface area contributed by atoms with Gasteiger partial charge in [0.05, 0.1) is 0 Å². The number of allylic oxidation sites excluding steroid dienone is 1. The van der Waals surface area contributed by atoms with Gasteiger partial charge in [-0.05, 0) is 11.1 Å². The lowest BCUT2D eigenvalue weighted by atomic mass is 10.5. The molecule has 0 aliphatic rings. The van der Waals surface area contributed by atoms with Gasteiger partial charge in [-0.2, -0.15) is 4.89 Å². The zero-order valence-electron chi connectivity index (χ0n) is 5.63. The summed E-state index contributed by atoms with van der Waals surface area (Å²) in [4.78, 5) is 16.6. The third-order valence-electron chi connectivity index (χ3n) is 0.679. The molecule has 0 aromatic carbocycles. The van der Waals surface area contributed by atoms with E-state index in [1.54, 1.807) is 6.92 Å². The molecule has 0 aromatic rings. The maximum atomic E-state index is 9.98. The number of hydrogen-bond acceptors (Lipinski definition) is 3. The van der Waals surface area contributed by atoms with Gasteiger partial charge in [0.1, 0.15) is 0 Å². The van der Waals surface area contributed by atoms with Gasteiger partial charge in [0.25, 0.3) is 0 Å². The number of hydrogen-bond donors (Lipinski definition) is 2. The Morgan fingerprint density at radius 1 is 1.90 bits per heavy atom. The summed E-state index contributed by atoms with van der Waals surface area (Å²) < 4.78 is 9.98. The van der Waals surface area contributed by atoms with Crippen molar-refractivity contribution in [3.8, 4) is 0 Å². The molecular formula is C5H9NO3P+. The fourth-order valence-corrected chi connectivity index (χ4v) is 0.406. The quantitative estimate of drug-likeness (QED) is 0.367. The van der Waals surface area contributed by atoms with E-state index in [0.717, 1.165) is 6.08 Å². The summed E-state index contributed by atoms with van der Waals surface area (Å²) in [5.41, 5.74) is 0. The van der Waals surface area contributed by atoms with Crippen molar-refractivity contribution in [2.24, 2.45) is 0 Å². The Bertz CT molecular complexity index is 160. The monoisotopic (exact) mass is 162 g/mol. The second kappa shape index (κ2) is 8.18. The second-order valence-corrected chi connectivity index (χ2v) is 2.47. The molecule has 0 bridgehead atoms. The average molecular weight is 162 g/mol. The number of carbonyl (C=O) groups excluding carboxylic acids is 1. The maximum Gasteiger partial charge on any atom is 0.540 e. The van der Waals surface area contributed by atoms with Gasteiger partial charge in [0.2, 0.25) is 6.08 Å². The molecule has 0 aliphatic heterocycles. The smallest absolute Gasteiger partial charge is 0.222 e. The Morgan fingerprint density at radius 2 is 2.20 bits per heavy atom. The zero-order valence-corrected chi connectivity index (χ0v) is 6.52. The van der Waals surface area contributed by atoms with Crippen LogP contribution in [0.2, 0.25) is 0 Å². The molecular weight excluding hydrogens is 153 g/mol. The summed E-state index contributed by atoms with van der Waals surface area (Å²) in [5.74, 6) is 0. The van der Waals surface area contributed by atoms with E-state index < -0.39 is 8.03 Å². The van der Waals surface area contributed by atoms with Gasteiger partial charge in [0, 0.05) is 6.42 Å². The summed E-state index contributed by atoms with van der Waals surface area (Å²) in [6.45, 7) is 5.14. The lowest BCUT2D eigenvalue weighted by Gasteiger charge is -1.73. The maximum absolute atomic E-state index is 9.98. The van der Waals surface area contributed by atoms with E-state index in [1.807, 2.05) is 0 Å². The van der Waals surface area contributed by atoms with Crippen LogP contribution in [-0.2, 0) is 9.36 Å². The topological polar surface area (TPSA) is 78.2 Å². The van der Waals surface area contributed by atoms with Gasteiger partial charge in [-0.3, -0.25) is 0 Å². The molecule has 0 rings (SSSR count). The van der Waals surface area contributed by atoms with Crippen molar-refractivity contribution in [1.82, 2.24) is 0 Å². The Hall–Kier alpha value is -0.820. The molecule has 5 heteroatoms. The van der Waals surface area contributed by atoms with Crippen molar-refractivity contribution in [2.75, 3.05) is 0 Å². The first-order valence-corrected chi connectivity index (χ1v) is 3.69. The van der Waals surface area contributed by atoms with Gasteiger partial charge in [0.15, 0.2) is 5.31 Å². The summed E-state index contributed by atoms with van der Waals surface area (Å²) in [5, 5.41) is 5.81. The third kappa shape index (κ3) is 10.2.